The molecule has 2 N–H and O–H groups in total. The number of amides is 1. The summed E-state index contributed by atoms with van der Waals surface area (Å²) in [7, 11) is 0. The Labute approximate surface area is 157 Å². The number of anilines is 2. The van der Waals surface area contributed by atoms with E-state index in [0.29, 0.717) is 28.8 Å². The van der Waals surface area contributed by atoms with Crippen molar-refractivity contribution in [3.8, 4) is 0 Å². The molecule has 5 nitrogen and oxygen atoms in total. The smallest absolute Gasteiger partial charge is 0.258 e. The molecule has 0 bridgehead atoms. The fourth-order valence-corrected chi connectivity index (χ4v) is 2.64. The van der Waals surface area contributed by atoms with Gasteiger partial charge in [-0.25, -0.2) is 9.97 Å². The molecule has 1 aromatic heterocycles. The monoisotopic (exact) mass is 366 g/mol. The predicted octanol–water partition coefficient (Wildman–Crippen LogP) is 4.61. The molecule has 0 radical (unpaired) electrons. The molecule has 0 aliphatic rings. The summed E-state index contributed by atoms with van der Waals surface area (Å²) < 4.78 is 0. The molecule has 1 heterocycles. The maximum absolute atomic E-state index is 12.4. The van der Waals surface area contributed by atoms with Gasteiger partial charge in [-0.15, -0.1) is 0 Å². The summed E-state index contributed by atoms with van der Waals surface area (Å²) in [6, 6.07) is 13.6. The molecule has 0 fully saturated rings. The molecule has 3 aromatic rings. The first-order chi connectivity index (χ1) is 12.5. The highest BCUT2D eigenvalue weighted by Gasteiger charge is 2.09. The zero-order chi connectivity index (χ0) is 18.5. The Hall–Kier alpha value is -2.92. The van der Waals surface area contributed by atoms with Gasteiger partial charge in [0.1, 0.15) is 0 Å². The number of aromatic nitrogens is 2. The summed E-state index contributed by atoms with van der Waals surface area (Å²) >= 11 is 5.98. The topological polar surface area (TPSA) is 66.9 Å². The van der Waals surface area contributed by atoms with E-state index in [2.05, 4.69) is 39.7 Å². The molecule has 132 valence electrons. The third kappa shape index (κ3) is 4.58. The first-order valence-electron chi connectivity index (χ1n) is 8.20. The van der Waals surface area contributed by atoms with Crippen LogP contribution >= 0.6 is 11.6 Å². The maximum atomic E-state index is 12.4. The van der Waals surface area contributed by atoms with Gasteiger partial charge in [0.25, 0.3) is 5.91 Å². The first kappa shape index (κ1) is 17.9. The highest BCUT2D eigenvalue weighted by molar-refractivity contribution is 6.31. The number of carbonyl (C=O) groups excluding carboxylic acids is 1. The van der Waals surface area contributed by atoms with Crippen molar-refractivity contribution < 1.29 is 4.79 Å². The largest absolute Gasteiger partial charge is 0.350 e. The number of benzene rings is 2. The molecule has 3 rings (SSSR count). The summed E-state index contributed by atoms with van der Waals surface area (Å²) in [5.41, 5.74) is 4.33. The molecule has 1 amide bonds. The van der Waals surface area contributed by atoms with Crippen LogP contribution in [0, 0.1) is 13.8 Å². The predicted molar refractivity (Wildman–Crippen MR) is 105 cm³/mol. The van der Waals surface area contributed by atoms with Gasteiger partial charge >= 0.3 is 0 Å². The summed E-state index contributed by atoms with van der Waals surface area (Å²) in [6.45, 7) is 4.57. The summed E-state index contributed by atoms with van der Waals surface area (Å²) in [4.78, 5) is 20.8. The molecule has 0 spiro atoms. The Morgan fingerprint density at radius 2 is 1.85 bits per heavy atom. The van der Waals surface area contributed by atoms with Gasteiger partial charge in [0.05, 0.1) is 5.56 Å². The van der Waals surface area contributed by atoms with Crippen LogP contribution in [0.5, 0.6) is 0 Å². The van der Waals surface area contributed by atoms with Crippen LogP contribution in [-0.4, -0.2) is 15.9 Å². The second-order valence-corrected chi connectivity index (χ2v) is 6.49. The summed E-state index contributed by atoms with van der Waals surface area (Å²) in [5.74, 6) is 0.197. The molecule has 0 saturated carbocycles. The van der Waals surface area contributed by atoms with E-state index in [1.54, 1.807) is 12.1 Å². The van der Waals surface area contributed by atoms with Crippen molar-refractivity contribution in [2.24, 2.45) is 0 Å². The lowest BCUT2D eigenvalue weighted by molar-refractivity contribution is 0.102. The van der Waals surface area contributed by atoms with Crippen molar-refractivity contribution in [3.05, 3.63) is 82.1 Å². The minimum atomic E-state index is -0.277. The van der Waals surface area contributed by atoms with Gasteiger partial charge in [-0.1, -0.05) is 47.5 Å². The number of aryl methyl sites for hydroxylation is 2. The van der Waals surface area contributed by atoms with Gasteiger partial charge in [0.15, 0.2) is 0 Å². The maximum Gasteiger partial charge on any atom is 0.258 e. The quantitative estimate of drug-likeness (QED) is 0.691. The summed E-state index contributed by atoms with van der Waals surface area (Å²) in [5, 5.41) is 6.54. The van der Waals surface area contributed by atoms with Gasteiger partial charge in [-0.05, 0) is 37.1 Å². The van der Waals surface area contributed by atoms with E-state index in [-0.39, 0.29) is 5.91 Å². The van der Waals surface area contributed by atoms with Crippen LogP contribution in [0.25, 0.3) is 0 Å². The second kappa shape index (κ2) is 7.97. The molecule has 0 aliphatic heterocycles. The number of hydrogen-bond donors (Lipinski definition) is 2. The standard InChI is InChI=1S/C20H19ClN4O/c1-13-4-3-5-15(8-13)10-22-20-23-11-16(12-24-20)19(26)25-18-9-17(21)7-6-14(18)2/h3-9,11-12H,10H2,1-2H3,(H,25,26)(H,22,23,24). The lowest BCUT2D eigenvalue weighted by Crippen LogP contribution is -2.14. The van der Waals surface area contributed by atoms with Gasteiger partial charge in [-0.3, -0.25) is 4.79 Å². The van der Waals surface area contributed by atoms with Crippen molar-refractivity contribution in [2.45, 2.75) is 20.4 Å². The van der Waals surface area contributed by atoms with Crippen molar-refractivity contribution in [2.75, 3.05) is 10.6 Å². The molecule has 0 atom stereocenters. The lowest BCUT2D eigenvalue weighted by Gasteiger charge is -2.09. The van der Waals surface area contributed by atoms with Crippen LogP contribution in [0.3, 0.4) is 0 Å². The third-order valence-electron chi connectivity index (χ3n) is 3.89. The molecule has 0 aliphatic carbocycles. The van der Waals surface area contributed by atoms with E-state index in [9.17, 15) is 4.79 Å². The van der Waals surface area contributed by atoms with E-state index in [1.807, 2.05) is 25.1 Å². The molecule has 2 aromatic carbocycles. The fraction of sp³-hybridized carbons (Fsp3) is 0.150. The van der Waals surface area contributed by atoms with Gasteiger partial charge in [0, 0.05) is 29.6 Å². The Kier molecular flexibility index (Phi) is 5.49. The normalized spacial score (nSPS) is 10.4. The highest BCUT2D eigenvalue weighted by Crippen LogP contribution is 2.20. The van der Waals surface area contributed by atoms with E-state index in [4.69, 9.17) is 11.6 Å². The number of hydrogen-bond acceptors (Lipinski definition) is 4. The Morgan fingerprint density at radius 1 is 1.08 bits per heavy atom. The molecular formula is C20H19ClN4O. The van der Waals surface area contributed by atoms with Gasteiger partial charge < -0.3 is 10.6 Å². The van der Waals surface area contributed by atoms with Crippen LogP contribution < -0.4 is 10.6 Å². The van der Waals surface area contributed by atoms with Crippen molar-refractivity contribution in [1.29, 1.82) is 0 Å². The van der Waals surface area contributed by atoms with E-state index < -0.39 is 0 Å². The Bertz CT molecular complexity index is 925. The molecule has 6 heteroatoms. The number of carbonyl (C=O) groups is 1. The number of halogens is 1. The highest BCUT2D eigenvalue weighted by atomic mass is 35.5. The van der Waals surface area contributed by atoms with E-state index >= 15 is 0 Å². The number of rotatable bonds is 5. The number of nitrogens with zero attached hydrogens (tertiary/aromatic N) is 2. The van der Waals surface area contributed by atoms with Crippen LogP contribution in [0.4, 0.5) is 11.6 Å². The van der Waals surface area contributed by atoms with Crippen LogP contribution in [-0.2, 0) is 6.54 Å². The average molecular weight is 367 g/mol. The third-order valence-corrected chi connectivity index (χ3v) is 4.13. The number of nitrogens with one attached hydrogen (secondary N) is 2. The minimum absolute atomic E-state index is 0.277. The summed E-state index contributed by atoms with van der Waals surface area (Å²) in [6.07, 6.45) is 3.00. The van der Waals surface area contributed by atoms with Crippen molar-refractivity contribution in [3.63, 3.8) is 0 Å². The van der Waals surface area contributed by atoms with Gasteiger partial charge in [-0.2, -0.15) is 0 Å². The average Bonchev–Trinajstić information content (AvgIpc) is 2.63. The zero-order valence-electron chi connectivity index (χ0n) is 14.6. The fourth-order valence-electron chi connectivity index (χ4n) is 2.46. The second-order valence-electron chi connectivity index (χ2n) is 6.05. The van der Waals surface area contributed by atoms with Crippen LogP contribution in [0.1, 0.15) is 27.0 Å². The molecule has 0 saturated heterocycles. The van der Waals surface area contributed by atoms with Crippen LogP contribution in [0.2, 0.25) is 5.02 Å². The molecule has 26 heavy (non-hydrogen) atoms. The zero-order valence-corrected chi connectivity index (χ0v) is 15.3. The molecular weight excluding hydrogens is 348 g/mol. The van der Waals surface area contributed by atoms with Crippen molar-refractivity contribution in [1.82, 2.24) is 9.97 Å². The van der Waals surface area contributed by atoms with Crippen LogP contribution in [0.15, 0.2) is 54.9 Å². The van der Waals surface area contributed by atoms with Crippen molar-refractivity contribution >= 4 is 29.1 Å². The Balaban J connectivity index is 1.63. The minimum Gasteiger partial charge on any atom is -0.350 e. The van der Waals surface area contributed by atoms with Gasteiger partial charge in [0.2, 0.25) is 5.95 Å². The van der Waals surface area contributed by atoms with E-state index in [1.165, 1.54) is 18.0 Å². The lowest BCUT2D eigenvalue weighted by atomic mass is 10.1. The SMILES string of the molecule is Cc1cccc(CNc2ncc(C(=O)Nc3cc(Cl)ccc3C)cn2)c1. The molecule has 0 unspecified atom stereocenters. The Morgan fingerprint density at radius 3 is 2.58 bits per heavy atom. The van der Waals surface area contributed by atoms with E-state index in [0.717, 1.165) is 11.1 Å². The first-order valence-corrected chi connectivity index (χ1v) is 8.58.